The van der Waals surface area contributed by atoms with Crippen LogP contribution in [-0.4, -0.2) is 30.4 Å². The number of benzene rings is 4. The van der Waals surface area contributed by atoms with E-state index in [1.807, 2.05) is 60.7 Å². The number of carbonyl (C=O) groups excluding carboxylic acids is 1. The molecule has 0 atom stereocenters. The van der Waals surface area contributed by atoms with Gasteiger partial charge in [-0.1, -0.05) is 63.2 Å². The van der Waals surface area contributed by atoms with Crippen LogP contribution in [0.25, 0.3) is 11.1 Å². The van der Waals surface area contributed by atoms with Gasteiger partial charge in [-0.15, -0.1) is 0 Å². The van der Waals surface area contributed by atoms with Gasteiger partial charge in [-0.05, 0) is 106 Å². The summed E-state index contributed by atoms with van der Waals surface area (Å²) in [6, 6.07) is 29.6. The van der Waals surface area contributed by atoms with Crippen LogP contribution in [0, 0.1) is 0 Å². The molecule has 4 rings (SSSR count). The second-order valence-electron chi connectivity index (χ2n) is 12.6. The predicted octanol–water partition coefficient (Wildman–Crippen LogP) is 8.91. The zero-order valence-electron chi connectivity index (χ0n) is 25.0. The molecule has 0 spiro atoms. The summed E-state index contributed by atoms with van der Waals surface area (Å²) < 4.78 is 12.3. The maximum absolute atomic E-state index is 13.0. The molecule has 4 aromatic rings. The molecule has 0 aliphatic heterocycles. The van der Waals surface area contributed by atoms with E-state index in [1.165, 1.54) is 5.56 Å². The third kappa shape index (κ3) is 7.61. The minimum atomic E-state index is -0.259. The molecule has 0 saturated heterocycles. The average molecular weight is 536 g/mol. The molecule has 0 aromatic heterocycles. The molecule has 0 saturated carbocycles. The maximum Gasteiger partial charge on any atom is 0.193 e. The third-order valence-electron chi connectivity index (χ3n) is 6.52. The third-order valence-corrected chi connectivity index (χ3v) is 6.52. The quantitative estimate of drug-likeness (QED) is 0.211. The summed E-state index contributed by atoms with van der Waals surface area (Å²) in [6.07, 6.45) is 0. The first-order chi connectivity index (χ1) is 18.8. The van der Waals surface area contributed by atoms with Crippen LogP contribution in [0.1, 0.15) is 68.6 Å². The lowest BCUT2D eigenvalue weighted by atomic mass is 9.86. The molecule has 0 N–H and O–H groups in total. The van der Waals surface area contributed by atoms with Crippen molar-refractivity contribution in [1.29, 1.82) is 0 Å². The second-order valence-corrected chi connectivity index (χ2v) is 12.6. The predicted molar refractivity (Wildman–Crippen MR) is 165 cm³/mol. The molecule has 208 valence electrons. The van der Waals surface area contributed by atoms with Crippen LogP contribution in [0.5, 0.6) is 17.2 Å². The molecule has 4 aromatic carbocycles. The molecular weight excluding hydrogens is 494 g/mol. The highest BCUT2D eigenvalue weighted by atomic mass is 16.5. The topological polar surface area (TPSA) is 38.8 Å². The number of nitrogens with zero attached hydrogens (tertiary/aromatic N) is 1. The fourth-order valence-corrected chi connectivity index (χ4v) is 4.47. The lowest BCUT2D eigenvalue weighted by Crippen LogP contribution is -2.24. The van der Waals surface area contributed by atoms with Crippen molar-refractivity contribution in [1.82, 2.24) is 4.90 Å². The fourth-order valence-electron chi connectivity index (χ4n) is 4.47. The Labute approximate surface area is 239 Å². The van der Waals surface area contributed by atoms with Crippen molar-refractivity contribution in [3.8, 4) is 28.4 Å². The van der Waals surface area contributed by atoms with Gasteiger partial charge in [0.15, 0.2) is 5.78 Å². The first-order valence-electron chi connectivity index (χ1n) is 13.8. The molecule has 4 heteroatoms. The van der Waals surface area contributed by atoms with Gasteiger partial charge in [0.2, 0.25) is 0 Å². The average Bonchev–Trinajstić information content (AvgIpc) is 2.89. The van der Waals surface area contributed by atoms with E-state index in [1.54, 1.807) is 0 Å². The van der Waals surface area contributed by atoms with Crippen LogP contribution in [-0.2, 0) is 12.0 Å². The van der Waals surface area contributed by atoms with Gasteiger partial charge in [0.25, 0.3) is 0 Å². The Morgan fingerprint density at radius 2 is 1.18 bits per heavy atom. The Morgan fingerprint density at radius 3 is 1.68 bits per heavy atom. The standard InChI is InChI=1S/C36H41NO3/c1-35(2,3)30-16-9-26(10-17-30)34(38)27-13-20-32(21-14-27)39-31-18-11-25(12-19-31)28-15-22-33(40-36(4,5)6)29(23-28)24-37(7)8/h9-23H,24H2,1-8H3. The van der Waals surface area contributed by atoms with Gasteiger partial charge in [-0.25, -0.2) is 0 Å². The van der Waals surface area contributed by atoms with Crippen LogP contribution in [0.2, 0.25) is 0 Å². The summed E-state index contributed by atoms with van der Waals surface area (Å²) in [6.45, 7) is 13.5. The van der Waals surface area contributed by atoms with Crippen LogP contribution in [0.3, 0.4) is 0 Å². The fraction of sp³-hybridized carbons (Fsp3) is 0.306. The lowest BCUT2D eigenvalue weighted by molar-refractivity contribution is 0.103. The summed E-state index contributed by atoms with van der Waals surface area (Å²) in [7, 11) is 4.12. The molecular formula is C36H41NO3. The highest BCUT2D eigenvalue weighted by Gasteiger charge is 2.17. The van der Waals surface area contributed by atoms with E-state index in [2.05, 4.69) is 90.9 Å². The summed E-state index contributed by atoms with van der Waals surface area (Å²) in [5.74, 6) is 2.34. The number of ketones is 1. The number of hydrogen-bond acceptors (Lipinski definition) is 4. The molecule has 0 fully saturated rings. The van der Waals surface area contributed by atoms with Crippen LogP contribution >= 0.6 is 0 Å². The highest BCUT2D eigenvalue weighted by molar-refractivity contribution is 6.09. The van der Waals surface area contributed by atoms with E-state index < -0.39 is 0 Å². The van der Waals surface area contributed by atoms with E-state index in [0.29, 0.717) is 16.9 Å². The van der Waals surface area contributed by atoms with Crippen molar-refractivity contribution in [2.45, 2.75) is 59.1 Å². The smallest absolute Gasteiger partial charge is 0.193 e. The van der Waals surface area contributed by atoms with Gasteiger partial charge in [0, 0.05) is 23.2 Å². The Morgan fingerprint density at radius 1 is 0.675 bits per heavy atom. The van der Waals surface area contributed by atoms with Crippen LogP contribution in [0.15, 0.2) is 91.0 Å². The Bertz CT molecular complexity index is 1440. The van der Waals surface area contributed by atoms with E-state index in [4.69, 9.17) is 9.47 Å². The van der Waals surface area contributed by atoms with E-state index in [0.717, 1.165) is 34.7 Å². The first kappa shape index (κ1) is 29.1. The molecule has 0 bridgehead atoms. The summed E-state index contributed by atoms with van der Waals surface area (Å²) in [5, 5.41) is 0. The van der Waals surface area contributed by atoms with E-state index in [9.17, 15) is 4.79 Å². The van der Waals surface area contributed by atoms with Gasteiger partial charge < -0.3 is 14.4 Å². The molecule has 0 aliphatic carbocycles. The Kier molecular flexibility index (Phi) is 8.51. The Hall–Kier alpha value is -3.89. The minimum Gasteiger partial charge on any atom is -0.488 e. The second kappa shape index (κ2) is 11.7. The van der Waals surface area contributed by atoms with Crippen molar-refractivity contribution in [3.63, 3.8) is 0 Å². The normalized spacial score (nSPS) is 11.9. The van der Waals surface area contributed by atoms with E-state index in [-0.39, 0.29) is 16.8 Å². The molecule has 4 nitrogen and oxygen atoms in total. The number of hydrogen-bond donors (Lipinski definition) is 0. The summed E-state index contributed by atoms with van der Waals surface area (Å²) in [5.41, 5.74) is 5.71. The van der Waals surface area contributed by atoms with E-state index >= 15 is 0 Å². The van der Waals surface area contributed by atoms with Gasteiger partial charge in [0.05, 0.1) is 0 Å². The zero-order valence-corrected chi connectivity index (χ0v) is 25.0. The van der Waals surface area contributed by atoms with Crippen molar-refractivity contribution < 1.29 is 14.3 Å². The molecule has 0 radical (unpaired) electrons. The van der Waals surface area contributed by atoms with Gasteiger partial charge >= 0.3 is 0 Å². The zero-order chi connectivity index (χ0) is 29.1. The monoisotopic (exact) mass is 535 g/mol. The molecule has 0 unspecified atom stereocenters. The highest BCUT2D eigenvalue weighted by Crippen LogP contribution is 2.32. The van der Waals surface area contributed by atoms with Crippen LogP contribution in [0.4, 0.5) is 0 Å². The van der Waals surface area contributed by atoms with Gasteiger partial charge in [-0.3, -0.25) is 4.79 Å². The molecule has 0 heterocycles. The SMILES string of the molecule is CN(C)Cc1cc(-c2ccc(Oc3ccc(C(=O)c4ccc(C(C)(C)C)cc4)cc3)cc2)ccc1OC(C)(C)C. The van der Waals surface area contributed by atoms with Gasteiger partial charge in [-0.2, -0.15) is 0 Å². The number of carbonyl (C=O) groups is 1. The molecule has 0 aliphatic rings. The van der Waals surface area contributed by atoms with Crippen molar-refractivity contribution in [2.24, 2.45) is 0 Å². The van der Waals surface area contributed by atoms with Crippen molar-refractivity contribution in [3.05, 3.63) is 113 Å². The van der Waals surface area contributed by atoms with Crippen molar-refractivity contribution >= 4 is 5.78 Å². The molecule has 40 heavy (non-hydrogen) atoms. The minimum absolute atomic E-state index is 0.00363. The first-order valence-corrected chi connectivity index (χ1v) is 13.8. The number of rotatable bonds is 8. The van der Waals surface area contributed by atoms with Gasteiger partial charge in [0.1, 0.15) is 22.8 Å². The summed E-state index contributed by atoms with van der Waals surface area (Å²) in [4.78, 5) is 15.1. The number of ether oxygens (including phenoxy) is 2. The maximum atomic E-state index is 13.0. The summed E-state index contributed by atoms with van der Waals surface area (Å²) >= 11 is 0. The molecule has 0 amide bonds. The Balaban J connectivity index is 1.45. The lowest BCUT2D eigenvalue weighted by Gasteiger charge is -2.25. The van der Waals surface area contributed by atoms with Crippen LogP contribution < -0.4 is 9.47 Å². The largest absolute Gasteiger partial charge is 0.488 e. The van der Waals surface area contributed by atoms with Crippen molar-refractivity contribution in [2.75, 3.05) is 14.1 Å².